The molecule has 4 aromatic rings. The number of aryl methyl sites for hydroxylation is 1. The van der Waals surface area contributed by atoms with Gasteiger partial charge in [-0.05, 0) is 51.3 Å². The van der Waals surface area contributed by atoms with Crippen molar-refractivity contribution < 1.29 is 8.60 Å². The first kappa shape index (κ1) is 23.5. The second-order valence-electron chi connectivity index (χ2n) is 9.79. The van der Waals surface area contributed by atoms with Crippen LogP contribution in [-0.4, -0.2) is 57.8 Å². The van der Waals surface area contributed by atoms with Gasteiger partial charge in [-0.15, -0.1) is 5.10 Å². The Labute approximate surface area is 216 Å². The van der Waals surface area contributed by atoms with Crippen molar-refractivity contribution in [1.29, 1.82) is 0 Å². The van der Waals surface area contributed by atoms with Crippen LogP contribution in [0.3, 0.4) is 0 Å². The van der Waals surface area contributed by atoms with Gasteiger partial charge in [-0.3, -0.25) is 3.97 Å². The Hall–Kier alpha value is -2.92. The van der Waals surface area contributed by atoms with Gasteiger partial charge in [0.15, 0.2) is 11.6 Å². The Morgan fingerprint density at radius 3 is 2.64 bits per heavy atom. The molecule has 1 spiro atoms. The van der Waals surface area contributed by atoms with Crippen LogP contribution in [0, 0.1) is 12.7 Å². The van der Waals surface area contributed by atoms with E-state index in [4.69, 9.17) is 5.10 Å². The zero-order valence-corrected chi connectivity index (χ0v) is 22.1. The van der Waals surface area contributed by atoms with Gasteiger partial charge in [-0.1, -0.05) is 12.1 Å². The molecule has 1 unspecified atom stereocenters. The van der Waals surface area contributed by atoms with Gasteiger partial charge >= 0.3 is 0 Å². The molecule has 0 amide bonds. The lowest BCUT2D eigenvalue weighted by molar-refractivity contribution is 0.498. The first-order valence-corrected chi connectivity index (χ1v) is 14.0. The van der Waals surface area contributed by atoms with Crippen molar-refractivity contribution in [2.24, 2.45) is 0 Å². The molecule has 3 aromatic heterocycles. The van der Waals surface area contributed by atoms with Crippen LogP contribution in [0.15, 0.2) is 53.9 Å². The predicted molar refractivity (Wildman–Crippen MR) is 142 cm³/mol. The summed E-state index contributed by atoms with van der Waals surface area (Å²) in [7, 11) is -1.09. The van der Waals surface area contributed by atoms with E-state index >= 15 is 0 Å². The summed E-state index contributed by atoms with van der Waals surface area (Å²) < 4.78 is 29.6. The second kappa shape index (κ2) is 8.88. The number of anilines is 2. The molecule has 8 nitrogen and oxygen atoms in total. The largest absolute Gasteiger partial charge is 0.345 e. The van der Waals surface area contributed by atoms with E-state index < -0.39 is 16.8 Å². The summed E-state index contributed by atoms with van der Waals surface area (Å²) in [6.07, 6.45) is 8.39. The summed E-state index contributed by atoms with van der Waals surface area (Å²) in [4.78, 5) is 14.0. The Morgan fingerprint density at radius 1 is 1.14 bits per heavy atom. The molecule has 1 saturated heterocycles. The average molecular weight is 526 g/mol. The van der Waals surface area contributed by atoms with Crippen LogP contribution in [-0.2, 0) is 11.0 Å². The van der Waals surface area contributed by atoms with Crippen LogP contribution in [0.1, 0.15) is 32.3 Å². The fourth-order valence-corrected chi connectivity index (χ4v) is 6.74. The Bertz CT molecular complexity index is 1440. The number of rotatable bonds is 6. The lowest BCUT2D eigenvalue weighted by Crippen LogP contribution is -2.56. The Kier molecular flexibility index (Phi) is 5.79. The monoisotopic (exact) mass is 525 g/mol. The third-order valence-electron chi connectivity index (χ3n) is 6.93. The number of hydrogen-bond acceptors (Lipinski definition) is 7. The molecule has 0 bridgehead atoms. The highest BCUT2D eigenvalue weighted by molar-refractivity contribution is 7.98. The number of benzene rings is 1. The van der Waals surface area contributed by atoms with E-state index in [9.17, 15) is 8.60 Å². The van der Waals surface area contributed by atoms with Crippen molar-refractivity contribution in [2.75, 3.05) is 29.4 Å². The van der Waals surface area contributed by atoms with Gasteiger partial charge in [0.2, 0.25) is 5.95 Å². The summed E-state index contributed by atoms with van der Waals surface area (Å²) in [6.45, 7) is 8.35. The molecule has 1 atom stereocenters. The molecular formula is C25H28FN7OS2. The summed E-state index contributed by atoms with van der Waals surface area (Å²) in [5.41, 5.74) is 2.23. The van der Waals surface area contributed by atoms with Crippen LogP contribution in [0.5, 0.6) is 0 Å². The molecule has 6 rings (SSSR count). The van der Waals surface area contributed by atoms with Crippen LogP contribution >= 0.6 is 11.9 Å². The molecule has 11 heteroatoms. The molecular weight excluding hydrogens is 497 g/mol. The van der Waals surface area contributed by atoms with Crippen molar-refractivity contribution in [3.63, 3.8) is 0 Å². The summed E-state index contributed by atoms with van der Waals surface area (Å²) in [5.74, 6) is 1.15. The van der Waals surface area contributed by atoms with Crippen LogP contribution in [0.2, 0.25) is 0 Å². The highest BCUT2D eigenvalue weighted by Crippen LogP contribution is 2.48. The number of aromatic nitrogens is 5. The summed E-state index contributed by atoms with van der Waals surface area (Å²) in [5, 5.41) is 6.33. The quantitative estimate of drug-likeness (QED) is 0.369. The van der Waals surface area contributed by atoms with Crippen molar-refractivity contribution in [3.05, 3.63) is 60.4 Å². The minimum Gasteiger partial charge on any atom is -0.345 e. The van der Waals surface area contributed by atoms with Gasteiger partial charge in [-0.2, -0.15) is 4.09 Å². The lowest BCUT2D eigenvalue weighted by atomic mass is 10.1. The van der Waals surface area contributed by atoms with Gasteiger partial charge in [0.25, 0.3) is 0 Å². The molecule has 0 N–H and O–H groups in total. The Morgan fingerprint density at radius 2 is 1.92 bits per heavy atom. The molecule has 36 heavy (non-hydrogen) atoms. The normalized spacial score (nSPS) is 17.9. The van der Waals surface area contributed by atoms with Gasteiger partial charge in [0.05, 0.1) is 23.4 Å². The molecule has 1 aromatic carbocycles. The first-order chi connectivity index (χ1) is 17.3. The number of halogens is 1. The number of hydrogen-bond donors (Lipinski definition) is 0. The third kappa shape index (κ3) is 4.07. The predicted octanol–water partition coefficient (Wildman–Crippen LogP) is 4.41. The summed E-state index contributed by atoms with van der Waals surface area (Å²) >= 11 is 1.54. The molecule has 1 aliphatic heterocycles. The van der Waals surface area contributed by atoms with Gasteiger partial charge in [0.1, 0.15) is 11.0 Å². The van der Waals surface area contributed by atoms with E-state index in [-0.39, 0.29) is 10.8 Å². The number of fused-ring (bicyclic) bond motifs is 1. The third-order valence-corrected chi connectivity index (χ3v) is 9.29. The topological polar surface area (TPSA) is 72.1 Å². The second-order valence-corrected chi connectivity index (χ2v) is 12.7. The standard InChI is InChI=1S/C25H28FN7OS2/c1-17(2)36(34)31-10-7-20(15-31)35-33-21-6-4-5-18(3)22(21)23(29-33)32-12-11-30(16-25(32)8-9-25)24-27-13-19(26)14-28-24/h4-7,10,13-15,17H,8-9,11-12,16H2,1-3H3. The smallest absolute Gasteiger partial charge is 0.225 e. The highest BCUT2D eigenvalue weighted by Gasteiger charge is 2.53. The molecule has 1 aliphatic carbocycles. The van der Waals surface area contributed by atoms with E-state index in [0.29, 0.717) is 5.95 Å². The van der Waals surface area contributed by atoms with E-state index in [0.717, 1.165) is 54.1 Å². The highest BCUT2D eigenvalue weighted by atomic mass is 32.2. The maximum atomic E-state index is 13.3. The van der Waals surface area contributed by atoms with Gasteiger partial charge in [0, 0.05) is 59.5 Å². The molecule has 2 fully saturated rings. The first-order valence-electron chi connectivity index (χ1n) is 12.1. The van der Waals surface area contributed by atoms with Crippen LogP contribution in [0.25, 0.3) is 10.9 Å². The van der Waals surface area contributed by atoms with Crippen molar-refractivity contribution in [3.8, 4) is 0 Å². The molecule has 4 heterocycles. The van der Waals surface area contributed by atoms with Crippen molar-refractivity contribution >= 4 is 45.6 Å². The zero-order valence-electron chi connectivity index (χ0n) is 20.5. The van der Waals surface area contributed by atoms with Crippen LogP contribution in [0.4, 0.5) is 16.2 Å². The fraction of sp³-hybridized carbons (Fsp3) is 0.400. The maximum Gasteiger partial charge on any atom is 0.225 e. The minimum absolute atomic E-state index is 0.0213. The SMILES string of the molecule is Cc1cccc2c1c(N1CCN(c3ncc(F)cn3)CC13CC3)nn2Sc1ccn(S(=O)C(C)C)c1. The Balaban J connectivity index is 1.32. The van der Waals surface area contributed by atoms with Crippen LogP contribution < -0.4 is 9.80 Å². The zero-order chi connectivity index (χ0) is 25.0. The average Bonchev–Trinajstić information content (AvgIpc) is 3.30. The molecule has 0 radical (unpaired) electrons. The number of nitrogens with zero attached hydrogens (tertiary/aromatic N) is 7. The van der Waals surface area contributed by atoms with Crippen molar-refractivity contribution in [1.82, 2.24) is 23.1 Å². The number of piperazine rings is 1. The van der Waals surface area contributed by atoms with E-state index in [1.807, 2.05) is 36.4 Å². The molecule has 188 valence electrons. The lowest BCUT2D eigenvalue weighted by Gasteiger charge is -2.42. The van der Waals surface area contributed by atoms with Gasteiger partial charge in [-0.25, -0.2) is 18.6 Å². The molecule has 2 aliphatic rings. The van der Waals surface area contributed by atoms with E-state index in [1.165, 1.54) is 29.9 Å². The van der Waals surface area contributed by atoms with Gasteiger partial charge < -0.3 is 9.80 Å². The molecule has 1 saturated carbocycles. The minimum atomic E-state index is -1.09. The summed E-state index contributed by atoms with van der Waals surface area (Å²) in [6, 6.07) is 8.29. The van der Waals surface area contributed by atoms with E-state index in [1.54, 1.807) is 3.97 Å². The van der Waals surface area contributed by atoms with Crippen molar-refractivity contribution in [2.45, 2.75) is 49.3 Å². The fourth-order valence-electron chi connectivity index (χ4n) is 4.94. The maximum absolute atomic E-state index is 13.3. The van der Waals surface area contributed by atoms with E-state index in [2.05, 4.69) is 44.9 Å².